The molecule has 0 aliphatic carbocycles. The number of nitriles is 1. The van der Waals surface area contributed by atoms with E-state index in [0.717, 1.165) is 0 Å². The second-order valence-corrected chi connectivity index (χ2v) is 5.83. The van der Waals surface area contributed by atoms with Crippen molar-refractivity contribution < 1.29 is 9.59 Å². The monoisotopic (exact) mass is 372 g/mol. The molecule has 0 aliphatic rings. The van der Waals surface area contributed by atoms with Gasteiger partial charge in [0.2, 0.25) is 11.9 Å². The summed E-state index contributed by atoms with van der Waals surface area (Å²) in [6, 6.07) is 15.7. The lowest BCUT2D eigenvalue weighted by Gasteiger charge is -2.08. The number of hydrogen-bond donors (Lipinski definition) is 3. The summed E-state index contributed by atoms with van der Waals surface area (Å²) in [7, 11) is 0. The highest BCUT2D eigenvalue weighted by atomic mass is 16.2. The topological polar surface area (TPSA) is 120 Å². The van der Waals surface area contributed by atoms with Gasteiger partial charge in [0, 0.05) is 36.4 Å². The molecule has 8 nitrogen and oxygen atoms in total. The smallest absolute Gasteiger partial charge is 0.258 e. The van der Waals surface area contributed by atoms with Gasteiger partial charge in [0.25, 0.3) is 5.91 Å². The molecule has 0 spiro atoms. The SMILES string of the molecule is CC(=O)Nc1ccc(NC(=O)c2cnc(Nc3cccc(C#N)c3)nc2)cc1. The Balaban J connectivity index is 1.63. The van der Waals surface area contributed by atoms with Crippen LogP contribution in [0.1, 0.15) is 22.8 Å². The molecule has 3 N–H and O–H groups in total. The highest BCUT2D eigenvalue weighted by Gasteiger charge is 2.08. The molecule has 3 aromatic rings. The van der Waals surface area contributed by atoms with E-state index in [-0.39, 0.29) is 11.8 Å². The van der Waals surface area contributed by atoms with Crippen molar-refractivity contribution in [1.29, 1.82) is 5.26 Å². The normalized spacial score (nSPS) is 9.86. The van der Waals surface area contributed by atoms with Gasteiger partial charge in [-0.2, -0.15) is 5.26 Å². The Kier molecular flexibility index (Phi) is 5.58. The molecule has 0 unspecified atom stereocenters. The Bertz CT molecular complexity index is 1040. The summed E-state index contributed by atoms with van der Waals surface area (Å²) in [5.74, 6) is -0.210. The van der Waals surface area contributed by atoms with Crippen LogP contribution in [0.25, 0.3) is 0 Å². The number of hydrogen-bond acceptors (Lipinski definition) is 6. The zero-order chi connectivity index (χ0) is 19.9. The van der Waals surface area contributed by atoms with Gasteiger partial charge >= 0.3 is 0 Å². The molecule has 0 aliphatic heterocycles. The van der Waals surface area contributed by atoms with Gasteiger partial charge in [0.1, 0.15) is 0 Å². The first-order valence-corrected chi connectivity index (χ1v) is 8.32. The summed E-state index contributed by atoms with van der Waals surface area (Å²) in [6.07, 6.45) is 2.81. The minimum absolute atomic E-state index is 0.165. The third kappa shape index (κ3) is 4.89. The zero-order valence-electron chi connectivity index (χ0n) is 14.9. The number of anilines is 4. The summed E-state index contributed by atoms with van der Waals surface area (Å²) in [6.45, 7) is 1.43. The molecule has 8 heteroatoms. The first kappa shape index (κ1) is 18.5. The summed E-state index contributed by atoms with van der Waals surface area (Å²) in [4.78, 5) is 31.6. The Hall–Kier alpha value is -4.25. The number of carbonyl (C=O) groups excluding carboxylic acids is 2. The number of amides is 2. The maximum Gasteiger partial charge on any atom is 0.258 e. The predicted octanol–water partition coefficient (Wildman–Crippen LogP) is 3.30. The lowest BCUT2D eigenvalue weighted by atomic mass is 10.2. The van der Waals surface area contributed by atoms with E-state index in [9.17, 15) is 9.59 Å². The number of aromatic nitrogens is 2. The van der Waals surface area contributed by atoms with E-state index in [1.54, 1.807) is 48.5 Å². The molecule has 2 aromatic carbocycles. The fourth-order valence-electron chi connectivity index (χ4n) is 2.35. The van der Waals surface area contributed by atoms with Crippen LogP contribution in [0.4, 0.5) is 23.0 Å². The van der Waals surface area contributed by atoms with Crippen LogP contribution in [0, 0.1) is 11.3 Å². The van der Waals surface area contributed by atoms with Crippen LogP contribution < -0.4 is 16.0 Å². The molecule has 0 fully saturated rings. The van der Waals surface area contributed by atoms with Crippen molar-refractivity contribution in [2.24, 2.45) is 0 Å². The largest absolute Gasteiger partial charge is 0.326 e. The van der Waals surface area contributed by atoms with E-state index >= 15 is 0 Å². The van der Waals surface area contributed by atoms with Crippen molar-refractivity contribution in [2.75, 3.05) is 16.0 Å². The van der Waals surface area contributed by atoms with Gasteiger partial charge in [-0.15, -0.1) is 0 Å². The van der Waals surface area contributed by atoms with Crippen molar-refractivity contribution in [1.82, 2.24) is 9.97 Å². The van der Waals surface area contributed by atoms with E-state index in [4.69, 9.17) is 5.26 Å². The quantitative estimate of drug-likeness (QED) is 0.632. The zero-order valence-corrected chi connectivity index (χ0v) is 14.9. The van der Waals surface area contributed by atoms with Crippen molar-refractivity contribution >= 4 is 34.8 Å². The molecule has 0 bridgehead atoms. The minimum atomic E-state index is -0.356. The fraction of sp³-hybridized carbons (Fsp3) is 0.0500. The maximum atomic E-state index is 12.3. The minimum Gasteiger partial charge on any atom is -0.326 e. The van der Waals surface area contributed by atoms with Gasteiger partial charge in [0.05, 0.1) is 17.2 Å². The standard InChI is InChI=1S/C20H16N6O2/c1-13(27)24-16-5-7-17(8-6-16)25-19(28)15-11-22-20(23-12-15)26-18-4-2-3-14(9-18)10-21/h2-9,11-12H,1H3,(H,24,27)(H,25,28)(H,22,23,26). The third-order valence-electron chi connectivity index (χ3n) is 3.62. The van der Waals surface area contributed by atoms with E-state index < -0.39 is 0 Å². The number of carbonyl (C=O) groups is 2. The van der Waals surface area contributed by atoms with Gasteiger partial charge in [-0.3, -0.25) is 9.59 Å². The van der Waals surface area contributed by atoms with Gasteiger partial charge in [0.15, 0.2) is 0 Å². The third-order valence-corrected chi connectivity index (χ3v) is 3.62. The number of nitrogens with zero attached hydrogens (tertiary/aromatic N) is 3. The first-order chi connectivity index (χ1) is 13.5. The van der Waals surface area contributed by atoms with Crippen molar-refractivity contribution in [3.05, 3.63) is 72.1 Å². The van der Waals surface area contributed by atoms with Crippen LogP contribution >= 0.6 is 0 Å². The molecule has 3 rings (SSSR count). The molecular formula is C20H16N6O2. The van der Waals surface area contributed by atoms with Gasteiger partial charge in [-0.25, -0.2) is 9.97 Å². The Morgan fingerprint density at radius 3 is 2.18 bits per heavy atom. The van der Waals surface area contributed by atoms with Crippen LogP contribution in [0.15, 0.2) is 60.9 Å². The summed E-state index contributed by atoms with van der Waals surface area (Å²) >= 11 is 0. The highest BCUT2D eigenvalue weighted by Crippen LogP contribution is 2.16. The van der Waals surface area contributed by atoms with Crippen molar-refractivity contribution in [2.45, 2.75) is 6.92 Å². The number of nitrogens with one attached hydrogen (secondary N) is 3. The number of benzene rings is 2. The molecular weight excluding hydrogens is 356 g/mol. The molecule has 0 atom stereocenters. The van der Waals surface area contributed by atoms with E-state index in [1.807, 2.05) is 0 Å². The average molecular weight is 372 g/mol. The molecule has 0 saturated heterocycles. The van der Waals surface area contributed by atoms with Gasteiger partial charge in [-0.1, -0.05) is 6.07 Å². The molecule has 0 saturated carbocycles. The average Bonchev–Trinajstić information content (AvgIpc) is 2.70. The molecule has 2 amide bonds. The van der Waals surface area contributed by atoms with Crippen LogP contribution in [-0.4, -0.2) is 21.8 Å². The lowest BCUT2D eigenvalue weighted by molar-refractivity contribution is -0.114. The second-order valence-electron chi connectivity index (χ2n) is 5.83. The first-order valence-electron chi connectivity index (χ1n) is 8.32. The molecule has 1 aromatic heterocycles. The van der Waals surface area contributed by atoms with Crippen LogP contribution in [-0.2, 0) is 4.79 Å². The van der Waals surface area contributed by atoms with Gasteiger partial charge < -0.3 is 16.0 Å². The second kappa shape index (κ2) is 8.42. The number of rotatable bonds is 5. The Morgan fingerprint density at radius 1 is 0.929 bits per heavy atom. The van der Waals surface area contributed by atoms with Crippen LogP contribution in [0.5, 0.6) is 0 Å². The van der Waals surface area contributed by atoms with Crippen LogP contribution in [0.2, 0.25) is 0 Å². The highest BCUT2D eigenvalue weighted by molar-refractivity contribution is 6.04. The summed E-state index contributed by atoms with van der Waals surface area (Å²) < 4.78 is 0. The van der Waals surface area contributed by atoms with E-state index in [0.29, 0.717) is 34.1 Å². The van der Waals surface area contributed by atoms with Crippen LogP contribution in [0.3, 0.4) is 0 Å². The van der Waals surface area contributed by atoms with Crippen molar-refractivity contribution in [3.63, 3.8) is 0 Å². The molecule has 0 radical (unpaired) electrons. The fourth-order valence-corrected chi connectivity index (χ4v) is 2.35. The summed E-state index contributed by atoms with van der Waals surface area (Å²) in [5.41, 5.74) is 2.71. The van der Waals surface area contributed by atoms with Crippen molar-refractivity contribution in [3.8, 4) is 6.07 Å². The molecule has 1 heterocycles. The van der Waals surface area contributed by atoms with E-state index in [2.05, 4.69) is 32.0 Å². The lowest BCUT2D eigenvalue weighted by Crippen LogP contribution is -2.13. The predicted molar refractivity (Wildman–Crippen MR) is 105 cm³/mol. The Labute approximate surface area is 161 Å². The van der Waals surface area contributed by atoms with Gasteiger partial charge in [-0.05, 0) is 42.5 Å². The molecule has 28 heavy (non-hydrogen) atoms. The Morgan fingerprint density at radius 2 is 1.57 bits per heavy atom. The molecule has 138 valence electrons. The summed E-state index contributed by atoms with van der Waals surface area (Å²) in [5, 5.41) is 17.3. The van der Waals surface area contributed by atoms with E-state index in [1.165, 1.54) is 19.3 Å². The maximum absolute atomic E-state index is 12.3.